The third kappa shape index (κ3) is 5.74. The van der Waals surface area contributed by atoms with Crippen molar-refractivity contribution < 1.29 is 15.0 Å². The zero-order valence-electron chi connectivity index (χ0n) is 6.23. The Bertz CT molecular complexity index is 120. The van der Waals surface area contributed by atoms with E-state index < -0.39 is 18.1 Å². The van der Waals surface area contributed by atoms with Crippen molar-refractivity contribution in [2.24, 2.45) is 11.5 Å². The topological polar surface area (TPSA) is 145 Å². The van der Waals surface area contributed by atoms with Crippen molar-refractivity contribution >= 4 is 5.97 Å². The molecule has 0 aliphatic carbocycles. The molecule has 1 unspecified atom stereocenters. The SMILES string of the molecule is N.NCC(O)C[C@H](N)C(=O)O. The lowest BCUT2D eigenvalue weighted by Crippen LogP contribution is -2.36. The van der Waals surface area contributed by atoms with Crippen molar-refractivity contribution in [3.05, 3.63) is 0 Å². The normalized spacial score (nSPS) is 14.8. The van der Waals surface area contributed by atoms with Gasteiger partial charge in [0.25, 0.3) is 0 Å². The molecular formula is C5H15N3O3. The summed E-state index contributed by atoms with van der Waals surface area (Å²) in [6.07, 6.45) is -0.808. The van der Waals surface area contributed by atoms with Crippen LogP contribution in [0.3, 0.4) is 0 Å². The molecule has 0 aromatic rings. The molecule has 0 radical (unpaired) electrons. The van der Waals surface area contributed by atoms with Crippen LogP contribution in [0.2, 0.25) is 0 Å². The highest BCUT2D eigenvalue weighted by Crippen LogP contribution is 1.93. The molecule has 0 aromatic carbocycles. The van der Waals surface area contributed by atoms with Crippen LogP contribution in [0.25, 0.3) is 0 Å². The van der Waals surface area contributed by atoms with Crippen LogP contribution in [0.4, 0.5) is 0 Å². The Kier molecular flexibility index (Phi) is 7.12. The minimum atomic E-state index is -1.12. The number of aliphatic hydroxyl groups is 1. The quantitative estimate of drug-likeness (QED) is 0.334. The molecule has 6 nitrogen and oxygen atoms in total. The van der Waals surface area contributed by atoms with Gasteiger partial charge in [-0.05, 0) is 0 Å². The minimum absolute atomic E-state index is 0. The first-order valence-corrected chi connectivity index (χ1v) is 2.94. The smallest absolute Gasteiger partial charge is 0.320 e. The zero-order valence-corrected chi connectivity index (χ0v) is 6.23. The maximum Gasteiger partial charge on any atom is 0.320 e. The van der Waals surface area contributed by atoms with E-state index in [1.54, 1.807) is 0 Å². The molecule has 6 heteroatoms. The van der Waals surface area contributed by atoms with Gasteiger partial charge in [0, 0.05) is 13.0 Å². The van der Waals surface area contributed by atoms with Gasteiger partial charge in [-0.3, -0.25) is 4.79 Å². The van der Waals surface area contributed by atoms with Gasteiger partial charge < -0.3 is 27.8 Å². The minimum Gasteiger partial charge on any atom is -0.480 e. The Balaban J connectivity index is 0. The summed E-state index contributed by atoms with van der Waals surface area (Å²) in [5, 5.41) is 17.1. The highest BCUT2D eigenvalue weighted by molar-refractivity contribution is 5.73. The largest absolute Gasteiger partial charge is 0.480 e. The third-order valence-electron chi connectivity index (χ3n) is 1.12. The molecule has 0 saturated heterocycles. The summed E-state index contributed by atoms with van der Waals surface area (Å²) in [6.45, 7) is 0.0426. The summed E-state index contributed by atoms with van der Waals surface area (Å²) < 4.78 is 0. The molecule has 0 rings (SSSR count). The number of aliphatic hydroxyl groups excluding tert-OH is 1. The number of carbonyl (C=O) groups is 1. The average molecular weight is 165 g/mol. The molecule has 0 aliphatic rings. The molecule has 0 heterocycles. The summed E-state index contributed by atoms with van der Waals surface area (Å²) in [5.74, 6) is -1.12. The van der Waals surface area contributed by atoms with E-state index in [0.29, 0.717) is 0 Å². The fraction of sp³-hybridized carbons (Fsp3) is 0.800. The Morgan fingerprint density at radius 2 is 2.00 bits per heavy atom. The molecule has 0 saturated carbocycles. The van der Waals surface area contributed by atoms with E-state index in [-0.39, 0.29) is 19.1 Å². The van der Waals surface area contributed by atoms with E-state index in [4.69, 9.17) is 21.7 Å². The van der Waals surface area contributed by atoms with E-state index >= 15 is 0 Å². The van der Waals surface area contributed by atoms with E-state index in [1.807, 2.05) is 0 Å². The van der Waals surface area contributed by atoms with Crippen molar-refractivity contribution in [2.45, 2.75) is 18.6 Å². The molecule has 9 N–H and O–H groups in total. The first-order valence-electron chi connectivity index (χ1n) is 2.94. The molecule has 0 aliphatic heterocycles. The lowest BCUT2D eigenvalue weighted by Gasteiger charge is -2.09. The summed E-state index contributed by atoms with van der Waals surface area (Å²) in [6, 6.07) is -1.02. The Morgan fingerprint density at radius 3 is 2.27 bits per heavy atom. The van der Waals surface area contributed by atoms with Crippen molar-refractivity contribution in [2.75, 3.05) is 6.54 Å². The molecule has 68 valence electrons. The second-order valence-corrected chi connectivity index (χ2v) is 2.07. The van der Waals surface area contributed by atoms with Gasteiger partial charge in [-0.15, -0.1) is 0 Å². The van der Waals surface area contributed by atoms with Crippen LogP contribution in [0, 0.1) is 0 Å². The van der Waals surface area contributed by atoms with E-state index in [1.165, 1.54) is 0 Å². The van der Waals surface area contributed by atoms with Crippen molar-refractivity contribution in [3.8, 4) is 0 Å². The first kappa shape index (κ1) is 12.9. The summed E-state index contributed by atoms with van der Waals surface area (Å²) in [7, 11) is 0. The predicted molar refractivity (Wildman–Crippen MR) is 40.3 cm³/mol. The highest BCUT2D eigenvalue weighted by atomic mass is 16.4. The van der Waals surface area contributed by atoms with Gasteiger partial charge in [0.2, 0.25) is 0 Å². The van der Waals surface area contributed by atoms with Gasteiger partial charge in [0.15, 0.2) is 0 Å². The van der Waals surface area contributed by atoms with E-state index in [0.717, 1.165) is 0 Å². The number of rotatable bonds is 4. The molecular weight excluding hydrogens is 150 g/mol. The summed E-state index contributed by atoms with van der Waals surface area (Å²) in [4.78, 5) is 10.1. The van der Waals surface area contributed by atoms with Gasteiger partial charge in [0.05, 0.1) is 6.10 Å². The number of hydrogen-bond donors (Lipinski definition) is 5. The van der Waals surface area contributed by atoms with Crippen LogP contribution in [0.1, 0.15) is 6.42 Å². The van der Waals surface area contributed by atoms with Gasteiger partial charge in [-0.1, -0.05) is 0 Å². The molecule has 2 atom stereocenters. The van der Waals surface area contributed by atoms with Gasteiger partial charge in [-0.2, -0.15) is 0 Å². The highest BCUT2D eigenvalue weighted by Gasteiger charge is 2.15. The Labute approximate surface area is 64.8 Å². The Hall–Kier alpha value is -0.690. The molecule has 0 spiro atoms. The maximum absolute atomic E-state index is 10.1. The second kappa shape index (κ2) is 6.05. The number of carboxylic acid groups (broad SMARTS) is 1. The van der Waals surface area contributed by atoms with Crippen molar-refractivity contribution in [1.29, 1.82) is 0 Å². The molecule has 0 bridgehead atoms. The summed E-state index contributed by atoms with van der Waals surface area (Å²) in [5.41, 5.74) is 10.1. The van der Waals surface area contributed by atoms with Crippen LogP contribution in [-0.2, 0) is 4.79 Å². The monoisotopic (exact) mass is 165 g/mol. The van der Waals surface area contributed by atoms with Crippen molar-refractivity contribution in [1.82, 2.24) is 6.15 Å². The van der Waals surface area contributed by atoms with Crippen LogP contribution >= 0.6 is 0 Å². The zero-order chi connectivity index (χ0) is 8.15. The number of hydrogen-bond acceptors (Lipinski definition) is 5. The number of aliphatic carboxylic acids is 1. The average Bonchev–Trinajstić information content (AvgIpc) is 1.87. The second-order valence-electron chi connectivity index (χ2n) is 2.07. The fourth-order valence-corrected chi connectivity index (χ4v) is 0.490. The first-order chi connectivity index (χ1) is 4.57. The van der Waals surface area contributed by atoms with E-state index in [9.17, 15) is 4.79 Å². The Morgan fingerprint density at radius 1 is 1.55 bits per heavy atom. The van der Waals surface area contributed by atoms with E-state index in [2.05, 4.69) is 0 Å². The van der Waals surface area contributed by atoms with Crippen LogP contribution in [-0.4, -0.2) is 34.9 Å². The van der Waals surface area contributed by atoms with Gasteiger partial charge in [0.1, 0.15) is 6.04 Å². The lowest BCUT2D eigenvalue weighted by molar-refractivity contribution is -0.139. The molecule has 11 heavy (non-hydrogen) atoms. The lowest BCUT2D eigenvalue weighted by atomic mass is 10.1. The summed E-state index contributed by atoms with van der Waals surface area (Å²) >= 11 is 0. The fourth-order valence-electron chi connectivity index (χ4n) is 0.490. The molecule has 0 amide bonds. The van der Waals surface area contributed by atoms with Gasteiger partial charge in [-0.25, -0.2) is 0 Å². The standard InChI is InChI=1S/C5H12N2O3.H3N/c6-2-3(8)1-4(7)5(9)10;/h3-4,8H,1-2,6-7H2,(H,9,10);1H3/t3?,4-;/m0./s1. The number of carboxylic acids is 1. The van der Waals surface area contributed by atoms with Crippen molar-refractivity contribution in [3.63, 3.8) is 0 Å². The third-order valence-corrected chi connectivity index (χ3v) is 1.12. The van der Waals surface area contributed by atoms with Crippen LogP contribution in [0.5, 0.6) is 0 Å². The maximum atomic E-state index is 10.1. The van der Waals surface area contributed by atoms with Gasteiger partial charge >= 0.3 is 5.97 Å². The molecule has 0 fully saturated rings. The van der Waals surface area contributed by atoms with Crippen LogP contribution in [0.15, 0.2) is 0 Å². The number of nitrogens with two attached hydrogens (primary N) is 2. The predicted octanol–water partition coefficient (Wildman–Crippen LogP) is -1.73. The van der Waals surface area contributed by atoms with Crippen LogP contribution < -0.4 is 17.6 Å². The molecule has 0 aromatic heterocycles.